The van der Waals surface area contributed by atoms with Crippen molar-refractivity contribution in [1.82, 2.24) is 4.90 Å². The van der Waals surface area contributed by atoms with E-state index in [4.69, 9.17) is 20.8 Å². The van der Waals surface area contributed by atoms with Gasteiger partial charge in [0.2, 0.25) is 5.91 Å². The van der Waals surface area contributed by atoms with Crippen molar-refractivity contribution in [3.63, 3.8) is 0 Å². The molecule has 0 aliphatic carbocycles. The number of nitrogens with zero attached hydrogens (tertiary/aromatic N) is 2. The van der Waals surface area contributed by atoms with Gasteiger partial charge >= 0.3 is 0 Å². The molecule has 2 aromatic carbocycles. The molecule has 2 heterocycles. The molecule has 1 fully saturated rings. The lowest BCUT2D eigenvalue weighted by atomic mass is 10.1. The van der Waals surface area contributed by atoms with Crippen molar-refractivity contribution in [3.8, 4) is 17.1 Å². The molecule has 1 aromatic heterocycles. The quantitative estimate of drug-likeness (QED) is 0.242. The third-order valence-electron chi connectivity index (χ3n) is 5.20. The maximum Gasteiger partial charge on any atom is 0.294 e. The van der Waals surface area contributed by atoms with Crippen LogP contribution in [0.2, 0.25) is 5.02 Å². The molecule has 1 saturated heterocycles. The highest BCUT2D eigenvalue weighted by Crippen LogP contribution is 2.36. The molecular weight excluding hydrogens is 510 g/mol. The van der Waals surface area contributed by atoms with E-state index in [1.165, 1.54) is 37.5 Å². The minimum absolute atomic E-state index is 0.0521. The number of nitro groups is 1. The molecule has 0 radical (unpaired) electrons. The monoisotopic (exact) mass is 527 g/mol. The summed E-state index contributed by atoms with van der Waals surface area (Å²) in [7, 11) is 1.40. The number of carbonyl (C=O) groups is 3. The second kappa shape index (κ2) is 10.3. The fraction of sp³-hybridized carbons (Fsp3) is 0.125. The van der Waals surface area contributed by atoms with Gasteiger partial charge in [0.15, 0.2) is 0 Å². The van der Waals surface area contributed by atoms with Crippen molar-refractivity contribution in [1.29, 1.82) is 0 Å². The topological polar surface area (TPSA) is 132 Å². The van der Waals surface area contributed by atoms with E-state index in [9.17, 15) is 24.5 Å². The van der Waals surface area contributed by atoms with E-state index in [0.29, 0.717) is 28.2 Å². The lowest BCUT2D eigenvalue weighted by molar-refractivity contribution is -0.384. The van der Waals surface area contributed by atoms with Crippen LogP contribution in [0.4, 0.5) is 16.2 Å². The van der Waals surface area contributed by atoms with E-state index < -0.39 is 28.5 Å². The number of methoxy groups -OCH3 is 1. The maximum atomic E-state index is 12.8. The van der Waals surface area contributed by atoms with Crippen molar-refractivity contribution in [3.05, 3.63) is 79.9 Å². The third kappa shape index (κ3) is 5.26. The number of hydrogen-bond acceptors (Lipinski definition) is 8. The van der Waals surface area contributed by atoms with Gasteiger partial charge in [-0.2, -0.15) is 0 Å². The van der Waals surface area contributed by atoms with Crippen LogP contribution in [0.25, 0.3) is 17.4 Å². The van der Waals surface area contributed by atoms with E-state index in [1.54, 1.807) is 24.3 Å². The minimum atomic E-state index is -0.657. The average molecular weight is 528 g/mol. The number of ether oxygens (including phenoxy) is 1. The minimum Gasteiger partial charge on any atom is -0.497 e. The van der Waals surface area contributed by atoms with E-state index in [0.717, 1.165) is 10.5 Å². The molecule has 0 saturated carbocycles. The summed E-state index contributed by atoms with van der Waals surface area (Å²) in [5.41, 5.74) is 1.29. The number of halogens is 1. The number of anilines is 1. The van der Waals surface area contributed by atoms with Crippen molar-refractivity contribution in [2.75, 3.05) is 19.0 Å². The first kappa shape index (κ1) is 25.0. The molecule has 3 aromatic rings. The summed E-state index contributed by atoms with van der Waals surface area (Å²) in [6, 6.07) is 12.3. The number of furan rings is 1. The van der Waals surface area contributed by atoms with Crippen LogP contribution in [-0.2, 0) is 9.59 Å². The van der Waals surface area contributed by atoms with Crippen molar-refractivity contribution < 1.29 is 28.5 Å². The fourth-order valence-electron chi connectivity index (χ4n) is 3.35. The van der Waals surface area contributed by atoms with Gasteiger partial charge < -0.3 is 14.5 Å². The van der Waals surface area contributed by atoms with Gasteiger partial charge in [0.25, 0.3) is 16.8 Å². The summed E-state index contributed by atoms with van der Waals surface area (Å²) in [6.45, 7) is 1.34. The predicted molar refractivity (Wildman–Crippen MR) is 135 cm³/mol. The zero-order valence-electron chi connectivity index (χ0n) is 18.9. The van der Waals surface area contributed by atoms with Gasteiger partial charge in [-0.05, 0) is 60.6 Å². The molecule has 3 amide bonds. The highest BCUT2D eigenvalue weighted by Gasteiger charge is 2.36. The summed E-state index contributed by atoms with van der Waals surface area (Å²) < 4.78 is 10.7. The summed E-state index contributed by atoms with van der Waals surface area (Å²) in [6.07, 6.45) is 1.35. The number of hydrogen-bond donors (Lipinski definition) is 1. The molecule has 4 rings (SSSR count). The van der Waals surface area contributed by atoms with Gasteiger partial charge in [0, 0.05) is 16.8 Å². The van der Waals surface area contributed by atoms with Crippen molar-refractivity contribution in [2.24, 2.45) is 0 Å². The molecule has 0 spiro atoms. The first-order chi connectivity index (χ1) is 17.2. The number of benzene rings is 2. The summed E-state index contributed by atoms with van der Waals surface area (Å²) in [4.78, 5) is 49.3. The zero-order chi connectivity index (χ0) is 26.0. The first-order valence-electron chi connectivity index (χ1n) is 10.4. The Bertz CT molecular complexity index is 1430. The van der Waals surface area contributed by atoms with Crippen LogP contribution in [0.5, 0.6) is 5.75 Å². The maximum absolute atomic E-state index is 12.8. The second-order valence-electron chi connectivity index (χ2n) is 7.62. The fourth-order valence-corrected chi connectivity index (χ4v) is 4.35. The van der Waals surface area contributed by atoms with E-state index >= 15 is 0 Å². The largest absolute Gasteiger partial charge is 0.497 e. The van der Waals surface area contributed by atoms with Crippen molar-refractivity contribution >= 4 is 57.9 Å². The van der Waals surface area contributed by atoms with Crippen LogP contribution in [0, 0.1) is 17.0 Å². The van der Waals surface area contributed by atoms with Gasteiger partial charge in [-0.15, -0.1) is 0 Å². The van der Waals surface area contributed by atoms with Gasteiger partial charge in [0.05, 0.1) is 28.6 Å². The van der Waals surface area contributed by atoms with Crippen LogP contribution in [-0.4, -0.2) is 40.5 Å². The molecule has 1 aliphatic rings. The Morgan fingerprint density at radius 1 is 1.22 bits per heavy atom. The Kier molecular flexibility index (Phi) is 7.13. The summed E-state index contributed by atoms with van der Waals surface area (Å²) in [5, 5.41) is 13.9. The number of carbonyl (C=O) groups excluding carboxylic acids is 3. The van der Waals surface area contributed by atoms with Gasteiger partial charge in [0.1, 0.15) is 23.8 Å². The molecule has 10 nitrogen and oxygen atoms in total. The Labute approximate surface area is 214 Å². The summed E-state index contributed by atoms with van der Waals surface area (Å²) in [5.74, 6) is -0.494. The van der Waals surface area contributed by atoms with E-state index in [1.807, 2.05) is 6.92 Å². The number of nitro benzene ring substituents is 1. The van der Waals surface area contributed by atoms with Crippen LogP contribution >= 0.6 is 23.4 Å². The zero-order valence-corrected chi connectivity index (χ0v) is 20.5. The third-order valence-corrected chi connectivity index (χ3v) is 6.51. The smallest absolute Gasteiger partial charge is 0.294 e. The number of nitrogens with one attached hydrogen (secondary N) is 1. The van der Waals surface area contributed by atoms with Crippen LogP contribution in [0.3, 0.4) is 0 Å². The molecular formula is C24H18ClN3O7S. The first-order valence-corrected chi connectivity index (χ1v) is 11.6. The predicted octanol–water partition coefficient (Wildman–Crippen LogP) is 5.50. The summed E-state index contributed by atoms with van der Waals surface area (Å²) >= 11 is 6.72. The lowest BCUT2D eigenvalue weighted by Gasteiger charge is -2.12. The standard InChI is InChI=1S/C24H18ClN3O7S/c1-13-3-4-14(9-18(13)25)26-22(29)12-27-23(30)21(36-24(27)31)11-16-6-8-20(35-16)17-7-5-15(34-2)10-19(17)28(32)33/h3-11H,12H2,1-2H3,(H,26,29)/b21-11+. The van der Waals surface area contributed by atoms with E-state index in [2.05, 4.69) is 5.32 Å². The van der Waals surface area contributed by atoms with Crippen LogP contribution in [0.1, 0.15) is 11.3 Å². The molecule has 36 heavy (non-hydrogen) atoms. The van der Waals surface area contributed by atoms with Gasteiger partial charge in [-0.1, -0.05) is 17.7 Å². The normalized spacial score (nSPS) is 14.4. The Morgan fingerprint density at radius 2 is 2.00 bits per heavy atom. The Balaban J connectivity index is 1.49. The second-order valence-corrected chi connectivity index (χ2v) is 9.02. The lowest BCUT2D eigenvalue weighted by Crippen LogP contribution is -2.36. The number of rotatable bonds is 7. The SMILES string of the molecule is COc1ccc(-c2ccc(/C=C3/SC(=O)N(CC(=O)Nc4ccc(C)c(Cl)c4)C3=O)o2)c([N+](=O)[O-])c1. The number of aryl methyl sites for hydroxylation is 1. The molecule has 12 heteroatoms. The number of imide groups is 1. The Hall–Kier alpha value is -4.09. The highest BCUT2D eigenvalue weighted by molar-refractivity contribution is 8.18. The van der Waals surface area contributed by atoms with Crippen LogP contribution < -0.4 is 10.1 Å². The Morgan fingerprint density at radius 3 is 2.69 bits per heavy atom. The van der Waals surface area contributed by atoms with Gasteiger partial charge in [-0.25, -0.2) is 0 Å². The number of thioether (sulfide) groups is 1. The molecule has 1 aliphatic heterocycles. The van der Waals surface area contributed by atoms with Gasteiger partial charge in [-0.3, -0.25) is 29.4 Å². The highest BCUT2D eigenvalue weighted by atomic mass is 35.5. The molecule has 0 atom stereocenters. The average Bonchev–Trinajstić information content (AvgIpc) is 3.41. The molecule has 0 unspecified atom stereocenters. The van der Waals surface area contributed by atoms with Crippen LogP contribution in [0.15, 0.2) is 57.9 Å². The van der Waals surface area contributed by atoms with Crippen molar-refractivity contribution in [2.45, 2.75) is 6.92 Å². The van der Waals surface area contributed by atoms with E-state index in [-0.39, 0.29) is 27.7 Å². The molecule has 0 bridgehead atoms. The number of amides is 3. The molecule has 184 valence electrons. The molecule has 1 N–H and O–H groups in total.